The Bertz CT molecular complexity index is 464. The maximum atomic E-state index is 13.5. The summed E-state index contributed by atoms with van der Waals surface area (Å²) in [5.74, 6) is 1.87. The van der Waals surface area contributed by atoms with Gasteiger partial charge in [-0.25, -0.2) is 9.37 Å². The van der Waals surface area contributed by atoms with Gasteiger partial charge in [0.15, 0.2) is 0 Å². The number of pyridine rings is 1. The predicted octanol–water partition coefficient (Wildman–Crippen LogP) is 2.80. The van der Waals surface area contributed by atoms with Crippen LogP contribution in [0.3, 0.4) is 0 Å². The van der Waals surface area contributed by atoms with Crippen molar-refractivity contribution in [2.24, 2.45) is 0 Å². The summed E-state index contributed by atoms with van der Waals surface area (Å²) in [6.45, 7) is 4.99. The van der Waals surface area contributed by atoms with E-state index in [2.05, 4.69) is 22.1 Å². The molecule has 2 aliphatic rings. The number of anilines is 1. The van der Waals surface area contributed by atoms with Gasteiger partial charge in [0.2, 0.25) is 0 Å². The fourth-order valence-corrected chi connectivity index (χ4v) is 3.77. The molecule has 3 rings (SSSR count). The van der Waals surface area contributed by atoms with E-state index in [-0.39, 0.29) is 5.82 Å². The van der Waals surface area contributed by atoms with E-state index in [0.29, 0.717) is 11.3 Å². The molecular weight excluding hydrogens is 273 g/mol. The standard InChI is InChI=1S/C15H22FN3S/c1-2-14-10-19(5-6-20-14)15-11(7-12(16)9-18-15)8-17-13-3-4-13/h7,9,13-14,17H,2-6,8,10H2,1H3. The molecule has 1 unspecified atom stereocenters. The van der Waals surface area contributed by atoms with Crippen LogP contribution in [0.15, 0.2) is 12.3 Å². The molecule has 3 nitrogen and oxygen atoms in total. The fraction of sp³-hybridized carbons (Fsp3) is 0.667. The smallest absolute Gasteiger partial charge is 0.141 e. The van der Waals surface area contributed by atoms with Crippen LogP contribution >= 0.6 is 11.8 Å². The third kappa shape index (κ3) is 3.44. The number of thioether (sulfide) groups is 1. The molecule has 1 saturated carbocycles. The van der Waals surface area contributed by atoms with E-state index in [1.165, 1.54) is 25.5 Å². The summed E-state index contributed by atoms with van der Waals surface area (Å²) in [4.78, 5) is 6.70. The predicted molar refractivity (Wildman–Crippen MR) is 82.8 cm³/mol. The summed E-state index contributed by atoms with van der Waals surface area (Å²) in [5.41, 5.74) is 0.999. The van der Waals surface area contributed by atoms with E-state index in [1.807, 2.05) is 11.8 Å². The zero-order valence-electron chi connectivity index (χ0n) is 11.9. The van der Waals surface area contributed by atoms with Gasteiger partial charge in [-0.2, -0.15) is 11.8 Å². The third-order valence-corrected chi connectivity index (χ3v) is 5.33. The Labute approximate surface area is 124 Å². The van der Waals surface area contributed by atoms with Gasteiger partial charge in [-0.1, -0.05) is 6.92 Å². The first kappa shape index (κ1) is 14.1. The van der Waals surface area contributed by atoms with Gasteiger partial charge in [0, 0.05) is 42.2 Å². The molecule has 110 valence electrons. The Morgan fingerprint density at radius 3 is 3.10 bits per heavy atom. The SMILES string of the molecule is CCC1CN(c2ncc(F)cc2CNC2CC2)CCS1. The molecule has 0 bridgehead atoms. The average Bonchev–Trinajstić information content (AvgIpc) is 3.29. The zero-order valence-corrected chi connectivity index (χ0v) is 12.8. The van der Waals surface area contributed by atoms with Crippen molar-refractivity contribution in [1.29, 1.82) is 0 Å². The van der Waals surface area contributed by atoms with Crippen molar-refractivity contribution < 1.29 is 4.39 Å². The van der Waals surface area contributed by atoms with Crippen LogP contribution in [0.1, 0.15) is 31.7 Å². The Hall–Kier alpha value is -0.810. The summed E-state index contributed by atoms with van der Waals surface area (Å²) >= 11 is 2.04. The molecule has 0 spiro atoms. The van der Waals surface area contributed by atoms with E-state index in [4.69, 9.17) is 0 Å². The Morgan fingerprint density at radius 1 is 1.50 bits per heavy atom. The molecule has 1 aliphatic heterocycles. The molecule has 2 fully saturated rings. The number of halogens is 1. The highest BCUT2D eigenvalue weighted by Crippen LogP contribution is 2.28. The van der Waals surface area contributed by atoms with Gasteiger partial charge in [-0.15, -0.1) is 0 Å². The molecular formula is C15H22FN3S. The second-order valence-corrected chi connectivity index (χ2v) is 7.05. The first-order valence-electron chi connectivity index (χ1n) is 7.50. The highest BCUT2D eigenvalue weighted by molar-refractivity contribution is 8.00. The Kier molecular flexibility index (Phi) is 4.46. The number of hydrogen-bond acceptors (Lipinski definition) is 4. The van der Waals surface area contributed by atoms with Crippen molar-refractivity contribution in [3.63, 3.8) is 0 Å². The molecule has 20 heavy (non-hydrogen) atoms. The minimum Gasteiger partial charge on any atom is -0.354 e. The largest absolute Gasteiger partial charge is 0.354 e. The lowest BCUT2D eigenvalue weighted by Gasteiger charge is -2.34. The summed E-state index contributed by atoms with van der Waals surface area (Å²) in [6, 6.07) is 2.27. The maximum absolute atomic E-state index is 13.5. The number of hydrogen-bond donors (Lipinski definition) is 1. The van der Waals surface area contributed by atoms with Crippen molar-refractivity contribution in [3.8, 4) is 0 Å². The van der Waals surface area contributed by atoms with Gasteiger partial charge in [-0.05, 0) is 25.3 Å². The lowest BCUT2D eigenvalue weighted by molar-refractivity contribution is 0.608. The van der Waals surface area contributed by atoms with Gasteiger partial charge in [0.25, 0.3) is 0 Å². The molecule has 0 aromatic carbocycles. The highest BCUT2D eigenvalue weighted by atomic mass is 32.2. The highest BCUT2D eigenvalue weighted by Gasteiger charge is 2.24. The summed E-state index contributed by atoms with van der Waals surface area (Å²) in [5, 5.41) is 4.13. The second-order valence-electron chi connectivity index (χ2n) is 5.64. The second kappa shape index (κ2) is 6.31. The molecule has 1 saturated heterocycles. The van der Waals surface area contributed by atoms with Crippen LogP contribution in [0.4, 0.5) is 10.2 Å². The van der Waals surface area contributed by atoms with Gasteiger partial charge in [-0.3, -0.25) is 0 Å². The normalized spacial score (nSPS) is 23.1. The van der Waals surface area contributed by atoms with Crippen LogP contribution in [0.2, 0.25) is 0 Å². The average molecular weight is 295 g/mol. The molecule has 1 N–H and O–H groups in total. The van der Waals surface area contributed by atoms with Crippen LogP contribution in [-0.2, 0) is 6.54 Å². The van der Waals surface area contributed by atoms with Crippen LogP contribution in [0.25, 0.3) is 0 Å². The van der Waals surface area contributed by atoms with Crippen molar-refractivity contribution in [2.45, 2.75) is 44.0 Å². The quantitative estimate of drug-likeness (QED) is 0.904. The molecule has 0 amide bonds. The molecule has 1 aromatic rings. The molecule has 1 atom stereocenters. The summed E-state index contributed by atoms with van der Waals surface area (Å²) in [6.07, 6.45) is 5.02. The minimum absolute atomic E-state index is 0.236. The van der Waals surface area contributed by atoms with E-state index >= 15 is 0 Å². The first-order chi connectivity index (χ1) is 9.76. The van der Waals surface area contributed by atoms with Crippen LogP contribution in [0, 0.1) is 5.82 Å². The van der Waals surface area contributed by atoms with Gasteiger partial charge in [0.05, 0.1) is 6.20 Å². The minimum atomic E-state index is -0.236. The van der Waals surface area contributed by atoms with Crippen LogP contribution in [0.5, 0.6) is 0 Å². The number of nitrogens with zero attached hydrogens (tertiary/aromatic N) is 2. The van der Waals surface area contributed by atoms with Crippen LogP contribution < -0.4 is 10.2 Å². The molecule has 0 radical (unpaired) electrons. The number of aromatic nitrogens is 1. The third-order valence-electron chi connectivity index (χ3n) is 3.96. The lowest BCUT2D eigenvalue weighted by Crippen LogP contribution is -2.39. The van der Waals surface area contributed by atoms with Crippen molar-refractivity contribution >= 4 is 17.6 Å². The van der Waals surface area contributed by atoms with E-state index in [9.17, 15) is 4.39 Å². The molecule has 1 aromatic heterocycles. The van der Waals surface area contributed by atoms with Crippen molar-refractivity contribution in [3.05, 3.63) is 23.6 Å². The topological polar surface area (TPSA) is 28.2 Å². The Morgan fingerprint density at radius 2 is 2.35 bits per heavy atom. The Balaban J connectivity index is 1.75. The number of nitrogens with one attached hydrogen (secondary N) is 1. The lowest BCUT2D eigenvalue weighted by atomic mass is 10.2. The maximum Gasteiger partial charge on any atom is 0.141 e. The van der Waals surface area contributed by atoms with Gasteiger partial charge in [0.1, 0.15) is 11.6 Å². The molecule has 2 heterocycles. The fourth-order valence-electron chi connectivity index (χ4n) is 2.59. The summed E-state index contributed by atoms with van der Waals surface area (Å²) in [7, 11) is 0. The van der Waals surface area contributed by atoms with Gasteiger partial charge >= 0.3 is 0 Å². The molecule has 1 aliphatic carbocycles. The zero-order chi connectivity index (χ0) is 13.9. The van der Waals surface area contributed by atoms with Crippen molar-refractivity contribution in [2.75, 3.05) is 23.7 Å². The van der Waals surface area contributed by atoms with Gasteiger partial charge < -0.3 is 10.2 Å². The monoisotopic (exact) mass is 295 g/mol. The summed E-state index contributed by atoms with van der Waals surface area (Å²) < 4.78 is 13.5. The first-order valence-corrected chi connectivity index (χ1v) is 8.55. The number of rotatable bonds is 5. The molecule has 5 heteroatoms. The van der Waals surface area contributed by atoms with Crippen molar-refractivity contribution in [1.82, 2.24) is 10.3 Å². The van der Waals surface area contributed by atoms with E-state index < -0.39 is 0 Å². The van der Waals surface area contributed by atoms with E-state index in [1.54, 1.807) is 6.07 Å². The van der Waals surface area contributed by atoms with Crippen LogP contribution in [-0.4, -0.2) is 35.1 Å². The van der Waals surface area contributed by atoms with E-state index in [0.717, 1.165) is 36.8 Å².